The lowest BCUT2D eigenvalue weighted by molar-refractivity contribution is 0.217. The minimum atomic E-state index is -0.551. The van der Waals surface area contributed by atoms with Crippen LogP contribution < -0.4 is 10.6 Å². The van der Waals surface area contributed by atoms with Crippen LogP contribution in [0.3, 0.4) is 0 Å². The van der Waals surface area contributed by atoms with E-state index >= 15 is 4.39 Å². The van der Waals surface area contributed by atoms with Crippen molar-refractivity contribution in [1.82, 2.24) is 29.5 Å². The summed E-state index contributed by atoms with van der Waals surface area (Å²) in [4.78, 5) is 16.8. The van der Waals surface area contributed by atoms with Crippen LogP contribution in [0.4, 0.5) is 20.3 Å². The van der Waals surface area contributed by atoms with Crippen molar-refractivity contribution in [3.05, 3.63) is 69.7 Å². The van der Waals surface area contributed by atoms with Gasteiger partial charge in [0.05, 0.1) is 29.3 Å². The SMILES string of the molecule is C=C(c1cc2n(n1)CCCN(c1nc(CC)nc3c1CCC(c1c(F)c(N)cc(C)c1C(C)CC)C3)C2)N(C)C.CC12CCCN1CC(F)C2. The molecule has 5 heterocycles. The van der Waals surface area contributed by atoms with Crippen LogP contribution in [-0.2, 0) is 32.4 Å². The van der Waals surface area contributed by atoms with Crippen molar-refractivity contribution in [3.63, 3.8) is 0 Å². The molecule has 4 unspecified atom stereocenters. The van der Waals surface area contributed by atoms with Gasteiger partial charge in [0, 0.05) is 51.3 Å². The van der Waals surface area contributed by atoms with E-state index in [4.69, 9.17) is 20.8 Å². The Kier molecular flexibility index (Phi) is 10.6. The molecule has 50 heavy (non-hydrogen) atoms. The van der Waals surface area contributed by atoms with Crippen molar-refractivity contribution in [1.29, 1.82) is 0 Å². The maximum Gasteiger partial charge on any atom is 0.149 e. The van der Waals surface area contributed by atoms with Crippen LogP contribution >= 0.6 is 0 Å². The molecule has 272 valence electrons. The van der Waals surface area contributed by atoms with Gasteiger partial charge in [-0.1, -0.05) is 27.4 Å². The molecule has 2 fully saturated rings. The van der Waals surface area contributed by atoms with E-state index in [1.54, 1.807) is 6.07 Å². The van der Waals surface area contributed by atoms with Gasteiger partial charge in [-0.15, -0.1) is 0 Å². The summed E-state index contributed by atoms with van der Waals surface area (Å²) in [7, 11) is 3.99. The Morgan fingerprint density at radius 1 is 1.16 bits per heavy atom. The van der Waals surface area contributed by atoms with Crippen molar-refractivity contribution in [2.75, 3.05) is 44.4 Å². The first-order valence-electron chi connectivity index (χ1n) is 18.9. The van der Waals surface area contributed by atoms with Crippen LogP contribution in [-0.4, -0.2) is 75.0 Å². The number of aryl methyl sites for hydroxylation is 3. The average molecular weight is 689 g/mol. The van der Waals surface area contributed by atoms with E-state index in [0.717, 1.165) is 110 Å². The van der Waals surface area contributed by atoms with Gasteiger partial charge in [0.15, 0.2) is 0 Å². The van der Waals surface area contributed by atoms with Crippen LogP contribution in [0.15, 0.2) is 18.7 Å². The predicted octanol–water partition coefficient (Wildman–Crippen LogP) is 7.58. The van der Waals surface area contributed by atoms with Crippen LogP contribution in [0.1, 0.15) is 123 Å². The first-order valence-corrected chi connectivity index (χ1v) is 18.9. The van der Waals surface area contributed by atoms with Crippen molar-refractivity contribution < 1.29 is 8.78 Å². The number of fused-ring (bicyclic) bond motifs is 3. The van der Waals surface area contributed by atoms with Crippen molar-refractivity contribution >= 4 is 17.2 Å². The first kappa shape index (κ1) is 36.3. The zero-order valence-electron chi connectivity index (χ0n) is 31.5. The summed E-state index contributed by atoms with van der Waals surface area (Å²) in [6.07, 6.45) is 7.78. The smallest absolute Gasteiger partial charge is 0.149 e. The quantitative estimate of drug-likeness (QED) is 0.257. The van der Waals surface area contributed by atoms with Gasteiger partial charge in [0.2, 0.25) is 0 Å². The van der Waals surface area contributed by atoms with Gasteiger partial charge in [-0.05, 0) is 112 Å². The molecule has 7 rings (SSSR count). The second kappa shape index (κ2) is 14.6. The molecule has 3 aromatic rings. The molecule has 0 bridgehead atoms. The minimum Gasteiger partial charge on any atom is -0.396 e. The van der Waals surface area contributed by atoms with E-state index in [0.29, 0.717) is 13.0 Å². The largest absolute Gasteiger partial charge is 0.396 e. The number of anilines is 2. The fourth-order valence-electron chi connectivity index (χ4n) is 8.85. The molecule has 4 atom stereocenters. The Hall–Kier alpha value is -3.53. The van der Waals surface area contributed by atoms with Gasteiger partial charge in [-0.25, -0.2) is 18.7 Å². The molecule has 10 heteroatoms. The summed E-state index contributed by atoms with van der Waals surface area (Å²) in [5.41, 5.74) is 15.0. The number of nitrogens with two attached hydrogens (primary N) is 1. The van der Waals surface area contributed by atoms with E-state index < -0.39 is 6.17 Å². The van der Waals surface area contributed by atoms with E-state index in [9.17, 15) is 4.39 Å². The van der Waals surface area contributed by atoms with Crippen molar-refractivity contribution in [2.45, 2.75) is 129 Å². The minimum absolute atomic E-state index is 0.0522. The fourth-order valence-corrected chi connectivity index (χ4v) is 8.85. The Labute approximate surface area is 298 Å². The summed E-state index contributed by atoms with van der Waals surface area (Å²) in [6, 6.07) is 3.96. The number of rotatable bonds is 7. The van der Waals surface area contributed by atoms with Crippen molar-refractivity contribution in [2.24, 2.45) is 0 Å². The number of nitrogens with zero attached hydrogens (tertiary/aromatic N) is 7. The molecule has 2 aromatic heterocycles. The average Bonchev–Trinajstić information content (AvgIpc) is 3.69. The molecule has 4 aliphatic rings. The van der Waals surface area contributed by atoms with Gasteiger partial charge in [0.1, 0.15) is 29.3 Å². The highest BCUT2D eigenvalue weighted by Gasteiger charge is 2.44. The molecule has 3 aliphatic heterocycles. The molecule has 1 aromatic carbocycles. The van der Waals surface area contributed by atoms with Crippen molar-refractivity contribution in [3.8, 4) is 0 Å². The Balaban J connectivity index is 0.000000367. The van der Waals surface area contributed by atoms with Crippen LogP contribution in [0.2, 0.25) is 0 Å². The number of nitrogen functional groups attached to an aromatic ring is 1. The fraction of sp³-hybridized carbons (Fsp3) is 0.625. The first-order chi connectivity index (χ1) is 23.8. The number of hydrogen-bond acceptors (Lipinski definition) is 7. The molecule has 8 nitrogen and oxygen atoms in total. The molecule has 0 saturated carbocycles. The monoisotopic (exact) mass is 688 g/mol. The van der Waals surface area contributed by atoms with E-state index in [-0.39, 0.29) is 28.9 Å². The third kappa shape index (κ3) is 7.01. The summed E-state index contributed by atoms with van der Waals surface area (Å²) in [6.45, 7) is 19.3. The molecule has 0 radical (unpaired) electrons. The number of hydrogen-bond donors (Lipinski definition) is 1. The molecule has 2 saturated heterocycles. The normalized spacial score (nSPS) is 23.7. The topological polar surface area (TPSA) is 79.3 Å². The highest BCUT2D eigenvalue weighted by atomic mass is 19.1. The molecular weight excluding hydrogens is 630 g/mol. The number of halogens is 2. The van der Waals surface area contributed by atoms with Crippen LogP contribution in [0, 0.1) is 12.7 Å². The summed E-state index contributed by atoms with van der Waals surface area (Å²) in [5, 5.41) is 4.85. The lowest BCUT2D eigenvalue weighted by atomic mass is 9.76. The second-order valence-electron chi connectivity index (χ2n) is 15.6. The Morgan fingerprint density at radius 2 is 1.94 bits per heavy atom. The molecular formula is C40H58F2N8. The molecule has 0 spiro atoms. The van der Waals surface area contributed by atoms with Gasteiger partial charge in [-0.3, -0.25) is 9.58 Å². The van der Waals surface area contributed by atoms with E-state index in [1.807, 2.05) is 19.0 Å². The van der Waals surface area contributed by atoms with E-state index in [1.165, 1.54) is 24.1 Å². The van der Waals surface area contributed by atoms with Gasteiger partial charge < -0.3 is 15.5 Å². The Morgan fingerprint density at radius 3 is 2.64 bits per heavy atom. The third-order valence-corrected chi connectivity index (χ3v) is 11.8. The summed E-state index contributed by atoms with van der Waals surface area (Å²) >= 11 is 0. The number of aromatic nitrogens is 4. The van der Waals surface area contributed by atoms with Gasteiger partial charge >= 0.3 is 0 Å². The summed E-state index contributed by atoms with van der Waals surface area (Å²) < 4.78 is 30.7. The molecule has 2 N–H and O–H groups in total. The van der Waals surface area contributed by atoms with E-state index in [2.05, 4.69) is 61.7 Å². The molecule has 0 amide bonds. The second-order valence-corrected chi connectivity index (χ2v) is 15.6. The van der Waals surface area contributed by atoms with Crippen LogP contribution in [0.5, 0.6) is 0 Å². The van der Waals surface area contributed by atoms with Gasteiger partial charge in [-0.2, -0.15) is 5.10 Å². The zero-order valence-corrected chi connectivity index (χ0v) is 31.5. The van der Waals surface area contributed by atoms with Crippen LogP contribution in [0.25, 0.3) is 5.70 Å². The summed E-state index contributed by atoms with van der Waals surface area (Å²) in [5.74, 6) is 1.97. The maximum absolute atomic E-state index is 15.7. The van der Waals surface area contributed by atoms with Gasteiger partial charge in [0.25, 0.3) is 0 Å². The third-order valence-electron chi connectivity index (χ3n) is 11.8. The zero-order chi connectivity index (χ0) is 35.9. The predicted molar refractivity (Wildman–Crippen MR) is 200 cm³/mol. The number of benzene rings is 1. The maximum atomic E-state index is 15.7. The number of alkyl halides is 1. The molecule has 1 aliphatic carbocycles. The standard InChI is InChI=1S/C32H44FN7.C8H14FN/c1-8-19(3)29-20(4)15-25(34)31(33)30(29)22-11-12-24-27(16-22)35-28(9-2)36-32(24)39-13-10-14-40-23(18-39)17-26(37-40)21(5)38(6)7;1-8-3-2-4-10(8)6-7(9)5-8/h15,17,19,22H,5,8-14,16,18,34H2,1-4,6-7H3;7H,2-6H2,1H3. The Bertz CT molecular complexity index is 1720. The highest BCUT2D eigenvalue weighted by molar-refractivity contribution is 5.59. The highest BCUT2D eigenvalue weighted by Crippen LogP contribution is 2.43. The lowest BCUT2D eigenvalue weighted by Crippen LogP contribution is -2.34. The lowest BCUT2D eigenvalue weighted by Gasteiger charge is -2.32.